The third-order valence-corrected chi connectivity index (χ3v) is 3.44. The number of nitrogens with zero attached hydrogens (tertiary/aromatic N) is 3. The molecule has 0 unspecified atom stereocenters. The van der Waals surface area contributed by atoms with Gasteiger partial charge in [0.2, 0.25) is 0 Å². The Morgan fingerprint density at radius 2 is 2.36 bits per heavy atom. The van der Waals surface area contributed by atoms with Crippen molar-refractivity contribution in [3.05, 3.63) is 11.8 Å². The van der Waals surface area contributed by atoms with Crippen molar-refractivity contribution in [1.82, 2.24) is 9.78 Å². The van der Waals surface area contributed by atoms with Gasteiger partial charge < -0.3 is 0 Å². The summed E-state index contributed by atoms with van der Waals surface area (Å²) < 4.78 is 2.10. The van der Waals surface area contributed by atoms with Crippen LogP contribution in [0.25, 0.3) is 0 Å². The summed E-state index contributed by atoms with van der Waals surface area (Å²) in [6.45, 7) is 1.03. The molecule has 3 rings (SSSR count). The molecule has 1 fully saturated rings. The van der Waals surface area contributed by atoms with Crippen LogP contribution in [0, 0.1) is 0 Å². The van der Waals surface area contributed by atoms with E-state index in [0.29, 0.717) is 5.41 Å². The lowest BCUT2D eigenvalue weighted by Crippen LogP contribution is -2.21. The summed E-state index contributed by atoms with van der Waals surface area (Å²) in [6, 6.07) is 2.07. The standard InChI is InChI=1S/C10H11N3S/c14-7-11-9-6-8-10(3-4-10)2-1-5-13(8)12-9/h6H,1-5H2. The van der Waals surface area contributed by atoms with Crippen LogP contribution in [0.2, 0.25) is 0 Å². The van der Waals surface area contributed by atoms with Crippen LogP contribution in [0.4, 0.5) is 5.82 Å². The summed E-state index contributed by atoms with van der Waals surface area (Å²) in [5.41, 5.74) is 1.83. The first-order chi connectivity index (χ1) is 6.84. The monoisotopic (exact) mass is 205 g/mol. The first kappa shape index (κ1) is 8.33. The fourth-order valence-electron chi connectivity index (χ4n) is 2.45. The molecule has 2 aliphatic rings. The molecule has 72 valence electrons. The van der Waals surface area contributed by atoms with Crippen LogP contribution in [0.3, 0.4) is 0 Å². The number of isothiocyanates is 1. The van der Waals surface area contributed by atoms with Gasteiger partial charge in [-0.15, -0.1) is 0 Å². The minimum atomic E-state index is 0.459. The highest BCUT2D eigenvalue weighted by Crippen LogP contribution is 2.54. The molecule has 1 spiro atoms. The Morgan fingerprint density at radius 1 is 1.50 bits per heavy atom. The Labute approximate surface area is 87.8 Å². The molecule has 0 aromatic carbocycles. The van der Waals surface area contributed by atoms with E-state index in [9.17, 15) is 0 Å². The summed E-state index contributed by atoms with van der Waals surface area (Å²) in [7, 11) is 0. The van der Waals surface area contributed by atoms with Gasteiger partial charge in [-0.25, -0.2) is 0 Å². The highest BCUT2D eigenvalue weighted by Gasteiger charge is 2.48. The van der Waals surface area contributed by atoms with Gasteiger partial charge in [-0.3, -0.25) is 4.68 Å². The number of rotatable bonds is 1. The smallest absolute Gasteiger partial charge is 0.184 e. The van der Waals surface area contributed by atoms with Crippen LogP contribution in [0.5, 0.6) is 0 Å². The SMILES string of the molecule is S=C=Nc1cc2n(n1)CCCC21CC1. The second kappa shape index (κ2) is 2.75. The van der Waals surface area contributed by atoms with Crippen molar-refractivity contribution in [1.29, 1.82) is 0 Å². The molecule has 3 nitrogen and oxygen atoms in total. The van der Waals surface area contributed by atoms with E-state index in [1.807, 2.05) is 0 Å². The van der Waals surface area contributed by atoms with Crippen molar-refractivity contribution in [3.63, 3.8) is 0 Å². The average molecular weight is 205 g/mol. The highest BCUT2D eigenvalue weighted by molar-refractivity contribution is 7.78. The average Bonchev–Trinajstić information content (AvgIpc) is 2.80. The first-order valence-electron chi connectivity index (χ1n) is 5.00. The van der Waals surface area contributed by atoms with Crippen molar-refractivity contribution in [2.24, 2.45) is 4.99 Å². The van der Waals surface area contributed by atoms with E-state index in [-0.39, 0.29) is 0 Å². The Bertz CT molecular complexity index is 425. The van der Waals surface area contributed by atoms with Crippen LogP contribution >= 0.6 is 12.2 Å². The van der Waals surface area contributed by atoms with Crippen LogP contribution < -0.4 is 0 Å². The van der Waals surface area contributed by atoms with E-state index >= 15 is 0 Å². The Hall–Kier alpha value is -0.990. The molecule has 0 bridgehead atoms. The number of fused-ring (bicyclic) bond motifs is 2. The maximum atomic E-state index is 4.58. The van der Waals surface area contributed by atoms with Gasteiger partial charge in [-0.2, -0.15) is 10.1 Å². The van der Waals surface area contributed by atoms with Crippen molar-refractivity contribution < 1.29 is 0 Å². The summed E-state index contributed by atoms with van der Waals surface area (Å²) >= 11 is 4.58. The lowest BCUT2D eigenvalue weighted by Gasteiger charge is -2.22. The number of hydrogen-bond acceptors (Lipinski definition) is 3. The molecule has 0 saturated heterocycles. The Kier molecular flexibility index (Phi) is 1.64. The van der Waals surface area contributed by atoms with Gasteiger partial charge in [0.05, 0.1) is 5.16 Å². The fourth-order valence-corrected chi connectivity index (χ4v) is 2.55. The molecule has 14 heavy (non-hydrogen) atoms. The quantitative estimate of drug-likeness (QED) is 0.520. The summed E-state index contributed by atoms with van der Waals surface area (Å²) in [4.78, 5) is 3.94. The van der Waals surface area contributed by atoms with E-state index in [0.717, 1.165) is 12.4 Å². The highest BCUT2D eigenvalue weighted by atomic mass is 32.1. The maximum Gasteiger partial charge on any atom is 0.184 e. The minimum Gasteiger partial charge on any atom is -0.267 e. The largest absolute Gasteiger partial charge is 0.267 e. The van der Waals surface area contributed by atoms with Gasteiger partial charge in [-0.1, -0.05) is 0 Å². The molecule has 1 aromatic rings. The molecular weight excluding hydrogens is 194 g/mol. The zero-order valence-electron chi connectivity index (χ0n) is 7.86. The van der Waals surface area contributed by atoms with Crippen molar-refractivity contribution >= 4 is 23.2 Å². The van der Waals surface area contributed by atoms with E-state index in [1.165, 1.54) is 31.4 Å². The molecule has 1 aliphatic carbocycles. The molecule has 1 saturated carbocycles. The van der Waals surface area contributed by atoms with Crippen molar-refractivity contribution in [3.8, 4) is 0 Å². The van der Waals surface area contributed by atoms with E-state index < -0.39 is 0 Å². The zero-order chi connectivity index (χ0) is 9.60. The normalized spacial score (nSPS) is 21.4. The van der Waals surface area contributed by atoms with Gasteiger partial charge in [0.1, 0.15) is 0 Å². The number of aryl methyl sites for hydroxylation is 1. The minimum absolute atomic E-state index is 0.459. The van der Waals surface area contributed by atoms with Gasteiger partial charge in [0.15, 0.2) is 5.82 Å². The molecule has 0 N–H and O–H groups in total. The van der Waals surface area contributed by atoms with Crippen molar-refractivity contribution in [2.75, 3.05) is 0 Å². The van der Waals surface area contributed by atoms with Crippen LogP contribution in [-0.2, 0) is 12.0 Å². The van der Waals surface area contributed by atoms with Crippen LogP contribution in [0.1, 0.15) is 31.4 Å². The zero-order valence-corrected chi connectivity index (χ0v) is 8.68. The number of hydrogen-bond donors (Lipinski definition) is 0. The Morgan fingerprint density at radius 3 is 3.07 bits per heavy atom. The second-order valence-corrected chi connectivity index (χ2v) is 4.38. The summed E-state index contributed by atoms with van der Waals surface area (Å²) in [5, 5.41) is 6.77. The third kappa shape index (κ3) is 1.08. The van der Waals surface area contributed by atoms with E-state index in [4.69, 9.17) is 0 Å². The molecule has 1 aromatic heterocycles. The van der Waals surface area contributed by atoms with Crippen molar-refractivity contribution in [2.45, 2.75) is 37.6 Å². The van der Waals surface area contributed by atoms with Gasteiger partial charge >= 0.3 is 0 Å². The summed E-state index contributed by atoms with van der Waals surface area (Å²) in [5.74, 6) is 0.725. The molecule has 0 amide bonds. The maximum absolute atomic E-state index is 4.58. The number of thiocarbonyl (C=S) groups is 1. The number of aromatic nitrogens is 2. The Balaban J connectivity index is 2.09. The van der Waals surface area contributed by atoms with E-state index in [1.54, 1.807) is 0 Å². The fraction of sp³-hybridized carbons (Fsp3) is 0.600. The van der Waals surface area contributed by atoms with Gasteiger partial charge in [0.25, 0.3) is 0 Å². The van der Waals surface area contributed by atoms with Gasteiger partial charge in [-0.05, 0) is 37.9 Å². The molecule has 0 radical (unpaired) electrons. The van der Waals surface area contributed by atoms with Crippen LogP contribution in [0.15, 0.2) is 11.1 Å². The summed E-state index contributed by atoms with van der Waals surface area (Å²) in [6.07, 6.45) is 5.20. The third-order valence-electron chi connectivity index (χ3n) is 3.35. The molecule has 1 aliphatic heterocycles. The predicted molar refractivity (Wildman–Crippen MR) is 57.1 cm³/mol. The lowest BCUT2D eigenvalue weighted by molar-refractivity contribution is 0.411. The number of aliphatic imine (C=N–C) groups is 1. The molecule has 0 atom stereocenters. The lowest BCUT2D eigenvalue weighted by atomic mass is 9.93. The first-order valence-corrected chi connectivity index (χ1v) is 5.41. The van der Waals surface area contributed by atoms with Crippen LogP contribution in [-0.4, -0.2) is 14.9 Å². The predicted octanol–water partition coefficient (Wildman–Crippen LogP) is 2.44. The van der Waals surface area contributed by atoms with Gasteiger partial charge in [0, 0.05) is 23.7 Å². The molecular formula is C10H11N3S. The topological polar surface area (TPSA) is 30.2 Å². The molecule has 4 heteroatoms. The molecule has 2 heterocycles. The van der Waals surface area contributed by atoms with E-state index in [2.05, 4.69) is 38.2 Å². The second-order valence-electron chi connectivity index (χ2n) is 4.20.